The average molecular weight is 902 g/mol. The van der Waals surface area contributed by atoms with Gasteiger partial charge in [0.05, 0.1) is 46.3 Å². The molecule has 4 rings (SSSR count). The van der Waals surface area contributed by atoms with Gasteiger partial charge in [-0.1, -0.05) is 85.0 Å². The molecule has 0 radical (unpaired) electrons. The number of ketones is 1. The maximum atomic E-state index is 14.8. The van der Waals surface area contributed by atoms with Crippen LogP contribution in [0.25, 0.3) is 23.3 Å². The first-order valence-electron chi connectivity index (χ1n) is 14.8. The van der Waals surface area contributed by atoms with Crippen molar-refractivity contribution in [2.45, 2.75) is 12.8 Å². The van der Waals surface area contributed by atoms with E-state index in [1.165, 1.54) is 0 Å². The van der Waals surface area contributed by atoms with E-state index in [1.807, 2.05) is 109 Å². The average Bonchev–Trinajstić information content (AvgIpc) is 3.10. The molecule has 0 aliphatic rings. The fourth-order valence-corrected chi connectivity index (χ4v) is 7.33. The van der Waals surface area contributed by atoms with Crippen LogP contribution < -0.4 is 18.9 Å². The summed E-state index contributed by atoms with van der Waals surface area (Å²) >= 11 is 14.7. The zero-order valence-corrected chi connectivity index (χ0v) is 33.2. The van der Waals surface area contributed by atoms with Crippen LogP contribution in [0.3, 0.4) is 0 Å². The number of halogens is 4. The third-order valence-electron chi connectivity index (χ3n) is 7.37. The Labute approximate surface area is 315 Å². The lowest BCUT2D eigenvalue weighted by Crippen LogP contribution is -2.07. The quantitative estimate of drug-likeness (QED) is 0.118. The van der Waals surface area contributed by atoms with Crippen LogP contribution in [0.2, 0.25) is 0 Å². The summed E-state index contributed by atoms with van der Waals surface area (Å²) in [6.07, 6.45) is 12.9. The predicted octanol–water partition coefficient (Wildman–Crippen LogP) is 12.0. The Morgan fingerprint density at radius 1 is 0.521 bits per heavy atom. The molecule has 0 aliphatic carbocycles. The summed E-state index contributed by atoms with van der Waals surface area (Å²) < 4.78 is 25.2. The minimum absolute atomic E-state index is 0.148. The molecule has 0 fully saturated rings. The van der Waals surface area contributed by atoms with E-state index in [9.17, 15) is 4.79 Å². The second-order valence-electron chi connectivity index (χ2n) is 10.2. The van der Waals surface area contributed by atoms with Crippen LogP contribution in [0.4, 0.5) is 0 Å². The van der Waals surface area contributed by atoms with Crippen molar-refractivity contribution in [2.24, 2.45) is 0 Å². The number of hydrogen-bond donors (Lipinski definition) is 0. The monoisotopic (exact) mass is 898 g/mol. The van der Waals surface area contributed by atoms with Crippen molar-refractivity contribution in [1.82, 2.24) is 0 Å². The Morgan fingerprint density at radius 3 is 1.21 bits per heavy atom. The van der Waals surface area contributed by atoms with Gasteiger partial charge in [-0.15, -0.1) is 0 Å². The Bertz CT molecular complexity index is 1760. The molecular weight excluding hydrogens is 868 g/mol. The second-order valence-corrected chi connectivity index (χ2v) is 13.4. The summed E-state index contributed by atoms with van der Waals surface area (Å²) in [6.45, 7) is 0. The second kappa shape index (κ2) is 18.4. The minimum atomic E-state index is -0.148. The van der Waals surface area contributed by atoms with Gasteiger partial charge in [-0.2, -0.15) is 0 Å². The fourth-order valence-electron chi connectivity index (χ4n) is 4.94. The number of hydrogen-bond acceptors (Lipinski definition) is 5. The molecule has 0 amide bonds. The van der Waals surface area contributed by atoms with Crippen LogP contribution >= 0.6 is 63.7 Å². The van der Waals surface area contributed by atoms with Crippen molar-refractivity contribution < 1.29 is 23.7 Å². The molecule has 5 nitrogen and oxygen atoms in total. The normalized spacial score (nSPS) is 12.1. The van der Waals surface area contributed by atoms with Gasteiger partial charge in [-0.05, 0) is 112 Å². The number of Topliss-reactive ketones (excluding diaryl/α,β-unsaturated/α-hetero) is 1. The maximum absolute atomic E-state index is 14.8. The molecule has 0 atom stereocenters. The third-order valence-corrected chi connectivity index (χ3v) is 10.7. The predicted molar refractivity (Wildman–Crippen MR) is 211 cm³/mol. The number of allylic oxidation sites excluding steroid dienone is 6. The van der Waals surface area contributed by atoms with Gasteiger partial charge in [-0.25, -0.2) is 0 Å². The largest absolute Gasteiger partial charge is 0.496 e. The standard InChI is InChI=1S/C39H34Br4O5/c1-45-31-21-9-15-25(35(31)40)13-5-7-17-29(27-19-11-23-33(47-3)37(27)42)39(44)30(28-20-12-24-34(48-4)38(28)43)18-8-6-14-26-16-10-22-32(46-2)36(26)41/h5-6,9-24H,7-8H2,1-4H3/b13-5+,14-6+,29-17+,30-18+. The molecule has 4 aromatic carbocycles. The van der Waals surface area contributed by atoms with Crippen molar-refractivity contribution in [3.05, 3.63) is 137 Å². The molecule has 0 spiro atoms. The van der Waals surface area contributed by atoms with Gasteiger partial charge < -0.3 is 18.9 Å². The number of rotatable bonds is 14. The van der Waals surface area contributed by atoms with Gasteiger partial charge in [0, 0.05) is 22.3 Å². The summed E-state index contributed by atoms with van der Waals surface area (Å²) in [5.41, 5.74) is 4.42. The Balaban J connectivity index is 1.80. The Kier molecular flexibility index (Phi) is 14.4. The summed E-state index contributed by atoms with van der Waals surface area (Å²) in [7, 11) is 6.49. The molecule has 0 unspecified atom stereocenters. The molecule has 4 aromatic rings. The van der Waals surface area contributed by atoms with Crippen molar-refractivity contribution in [3.8, 4) is 23.0 Å². The molecule has 0 saturated heterocycles. The SMILES string of the molecule is COc1cccc(/C=C/C/C=C(/C(=O)/C(=C/C/C=C/c2cccc(OC)c2Br)c2cccc(OC)c2Br)c2cccc(OC)c2Br)c1Br. The van der Waals surface area contributed by atoms with Crippen molar-refractivity contribution in [2.75, 3.05) is 28.4 Å². The summed E-state index contributed by atoms with van der Waals surface area (Å²) in [5, 5.41) is 0. The van der Waals surface area contributed by atoms with Gasteiger partial charge in [-0.3, -0.25) is 4.79 Å². The number of benzene rings is 4. The highest BCUT2D eigenvalue weighted by molar-refractivity contribution is 9.11. The lowest BCUT2D eigenvalue weighted by molar-refractivity contribution is -0.108. The van der Waals surface area contributed by atoms with E-state index in [-0.39, 0.29) is 5.78 Å². The van der Waals surface area contributed by atoms with Crippen LogP contribution in [0, 0.1) is 0 Å². The smallest absolute Gasteiger partial charge is 0.193 e. The van der Waals surface area contributed by atoms with Gasteiger partial charge in [0.15, 0.2) is 5.78 Å². The van der Waals surface area contributed by atoms with E-state index >= 15 is 0 Å². The molecule has 248 valence electrons. The summed E-state index contributed by atoms with van der Waals surface area (Å²) in [4.78, 5) is 14.8. The molecule has 0 heterocycles. The van der Waals surface area contributed by atoms with E-state index in [2.05, 4.69) is 63.7 Å². The molecule has 0 aromatic heterocycles. The topological polar surface area (TPSA) is 54.0 Å². The molecule has 48 heavy (non-hydrogen) atoms. The molecular formula is C39H34Br4O5. The zero-order valence-electron chi connectivity index (χ0n) is 26.9. The highest BCUT2D eigenvalue weighted by atomic mass is 79.9. The van der Waals surface area contributed by atoms with Gasteiger partial charge in [0.1, 0.15) is 23.0 Å². The van der Waals surface area contributed by atoms with Crippen molar-refractivity contribution in [1.29, 1.82) is 0 Å². The number of carbonyl (C=O) groups excluding carboxylic acids is 1. The van der Waals surface area contributed by atoms with E-state index in [0.29, 0.717) is 44.4 Å². The van der Waals surface area contributed by atoms with Crippen LogP contribution in [0.15, 0.2) is 115 Å². The molecule has 0 saturated carbocycles. The van der Waals surface area contributed by atoms with E-state index in [1.54, 1.807) is 28.4 Å². The van der Waals surface area contributed by atoms with Crippen molar-refractivity contribution >= 4 is 92.8 Å². The van der Waals surface area contributed by atoms with E-state index < -0.39 is 0 Å². The first-order chi connectivity index (χ1) is 23.2. The first kappa shape index (κ1) is 37.4. The van der Waals surface area contributed by atoms with E-state index in [0.717, 1.165) is 42.7 Å². The number of ether oxygens (including phenoxy) is 4. The van der Waals surface area contributed by atoms with E-state index in [4.69, 9.17) is 18.9 Å². The highest BCUT2D eigenvalue weighted by Crippen LogP contribution is 2.39. The van der Waals surface area contributed by atoms with Crippen LogP contribution in [0.1, 0.15) is 35.1 Å². The summed E-state index contributed by atoms with van der Waals surface area (Å²) in [6, 6.07) is 22.9. The van der Waals surface area contributed by atoms with Gasteiger partial charge in [0.25, 0.3) is 0 Å². The molecule has 0 aliphatic heterocycles. The first-order valence-corrected chi connectivity index (χ1v) is 18.0. The number of methoxy groups -OCH3 is 4. The zero-order chi connectivity index (χ0) is 34.6. The van der Waals surface area contributed by atoms with Crippen LogP contribution in [0.5, 0.6) is 23.0 Å². The fraction of sp³-hybridized carbons (Fsp3) is 0.154. The summed E-state index contributed by atoms with van der Waals surface area (Å²) in [5.74, 6) is 2.60. The van der Waals surface area contributed by atoms with Crippen LogP contribution in [-0.4, -0.2) is 34.2 Å². The molecule has 0 N–H and O–H groups in total. The van der Waals surface area contributed by atoms with Gasteiger partial charge >= 0.3 is 0 Å². The minimum Gasteiger partial charge on any atom is -0.496 e. The van der Waals surface area contributed by atoms with Crippen molar-refractivity contribution in [3.63, 3.8) is 0 Å². The highest BCUT2D eigenvalue weighted by Gasteiger charge is 2.23. The molecule has 9 heteroatoms. The lowest BCUT2D eigenvalue weighted by atomic mass is 9.90. The number of carbonyl (C=O) groups is 1. The maximum Gasteiger partial charge on any atom is 0.193 e. The van der Waals surface area contributed by atoms with Crippen LogP contribution in [-0.2, 0) is 4.79 Å². The Hall–Kier alpha value is -3.37. The Morgan fingerprint density at radius 2 is 0.854 bits per heavy atom. The molecule has 0 bridgehead atoms. The van der Waals surface area contributed by atoms with Gasteiger partial charge in [0.2, 0.25) is 0 Å². The third kappa shape index (κ3) is 8.99. The lowest BCUT2D eigenvalue weighted by Gasteiger charge is -2.16.